The molecule has 0 aliphatic heterocycles. The van der Waals surface area contributed by atoms with Crippen molar-refractivity contribution in [2.24, 2.45) is 5.92 Å². The van der Waals surface area contributed by atoms with Crippen LogP contribution < -0.4 is 14.8 Å². The van der Waals surface area contributed by atoms with Crippen molar-refractivity contribution >= 4 is 38.5 Å². The van der Waals surface area contributed by atoms with Crippen molar-refractivity contribution in [2.75, 3.05) is 25.3 Å². The number of sulfone groups is 1. The van der Waals surface area contributed by atoms with Crippen molar-refractivity contribution in [3.05, 3.63) is 29.3 Å². The minimum Gasteiger partial charge on any atom is -0.493 e. The van der Waals surface area contributed by atoms with E-state index in [-0.39, 0.29) is 27.5 Å². The molecule has 0 spiro atoms. The van der Waals surface area contributed by atoms with Crippen LogP contribution in [0.25, 0.3) is 6.08 Å². The van der Waals surface area contributed by atoms with Crippen molar-refractivity contribution in [1.82, 2.24) is 9.36 Å². The topological polar surface area (TPSA) is 131 Å². The molecule has 1 heterocycles. The molecule has 1 amide bonds. The maximum atomic E-state index is 12.4. The van der Waals surface area contributed by atoms with Crippen molar-refractivity contribution in [1.29, 1.82) is 5.26 Å². The Balaban J connectivity index is 2.21. The Labute approximate surface area is 173 Å². The smallest absolute Gasteiger partial charge is 0.268 e. The number of hydrogen-bond acceptors (Lipinski definition) is 9. The predicted molar refractivity (Wildman–Crippen MR) is 109 cm³/mol. The third-order valence-corrected chi connectivity index (χ3v) is 6.13. The first-order valence-corrected chi connectivity index (χ1v) is 10.8. The molecular formula is C18H20N4O5S2. The lowest BCUT2D eigenvalue weighted by atomic mass is 10.1. The first-order valence-electron chi connectivity index (χ1n) is 8.41. The van der Waals surface area contributed by atoms with Crippen LogP contribution in [-0.4, -0.2) is 43.7 Å². The van der Waals surface area contributed by atoms with E-state index in [1.807, 2.05) is 6.07 Å². The number of hydrogen-bond donors (Lipinski definition) is 1. The monoisotopic (exact) mass is 436 g/mol. The lowest BCUT2D eigenvalue weighted by Gasteiger charge is -2.08. The molecule has 0 aliphatic rings. The molecule has 2 rings (SSSR count). The summed E-state index contributed by atoms with van der Waals surface area (Å²) in [6.07, 6.45) is 1.37. The van der Waals surface area contributed by atoms with Gasteiger partial charge in [-0.1, -0.05) is 19.9 Å². The summed E-state index contributed by atoms with van der Waals surface area (Å²) >= 11 is 0.732. The van der Waals surface area contributed by atoms with Crippen molar-refractivity contribution < 1.29 is 22.7 Å². The van der Waals surface area contributed by atoms with Gasteiger partial charge in [0.2, 0.25) is 15.0 Å². The van der Waals surface area contributed by atoms with Crippen LogP contribution in [0.2, 0.25) is 0 Å². The highest BCUT2D eigenvalue weighted by Crippen LogP contribution is 2.28. The fourth-order valence-electron chi connectivity index (χ4n) is 2.32. The Bertz CT molecular complexity index is 1070. The predicted octanol–water partition coefficient (Wildman–Crippen LogP) is 2.53. The minimum absolute atomic E-state index is 0.00853. The molecule has 0 bridgehead atoms. The van der Waals surface area contributed by atoms with Gasteiger partial charge in [-0.25, -0.2) is 8.42 Å². The number of benzene rings is 1. The molecule has 0 fully saturated rings. The second-order valence-corrected chi connectivity index (χ2v) is 8.98. The van der Waals surface area contributed by atoms with Crippen LogP contribution in [0.4, 0.5) is 5.13 Å². The molecule has 9 nitrogen and oxygen atoms in total. The van der Waals surface area contributed by atoms with E-state index < -0.39 is 15.7 Å². The van der Waals surface area contributed by atoms with Crippen LogP contribution in [0, 0.1) is 17.2 Å². The first-order chi connectivity index (χ1) is 13.7. The van der Waals surface area contributed by atoms with Crippen LogP contribution in [0.3, 0.4) is 0 Å². The normalized spacial score (nSPS) is 11.8. The number of carbonyl (C=O) groups excluding carboxylic acids is 1. The van der Waals surface area contributed by atoms with Crippen molar-refractivity contribution in [2.45, 2.75) is 19.0 Å². The molecule has 0 atom stereocenters. The zero-order valence-electron chi connectivity index (χ0n) is 16.3. The number of aromatic nitrogens is 2. The maximum absolute atomic E-state index is 12.4. The van der Waals surface area contributed by atoms with Gasteiger partial charge in [-0.05, 0) is 29.7 Å². The summed E-state index contributed by atoms with van der Waals surface area (Å²) in [5.74, 6) is 0.0434. The SMILES string of the molecule is COc1ccc(/C=C(/C#N)C(=O)Nc2nc(S(=O)(=O)CC(C)C)ns2)cc1OC. The van der Waals surface area contributed by atoms with Crippen LogP contribution in [0.1, 0.15) is 19.4 Å². The van der Waals surface area contributed by atoms with E-state index in [4.69, 9.17) is 9.47 Å². The van der Waals surface area contributed by atoms with Crippen LogP contribution in [0.15, 0.2) is 28.9 Å². The van der Waals surface area contributed by atoms with Gasteiger partial charge in [0.25, 0.3) is 11.1 Å². The first kappa shape index (κ1) is 22.3. The number of ether oxygens (including phenoxy) is 2. The molecule has 2 aromatic rings. The van der Waals surface area contributed by atoms with E-state index in [2.05, 4.69) is 14.7 Å². The molecule has 0 aliphatic carbocycles. The summed E-state index contributed by atoms with van der Waals surface area (Å²) in [6, 6.07) is 6.74. The molecule has 1 aromatic heterocycles. The molecule has 29 heavy (non-hydrogen) atoms. The Hall–Kier alpha value is -2.97. The molecule has 11 heteroatoms. The molecular weight excluding hydrogens is 416 g/mol. The quantitative estimate of drug-likeness (QED) is 0.493. The van der Waals surface area contributed by atoms with E-state index in [1.54, 1.807) is 32.0 Å². The number of nitrogens with zero attached hydrogens (tertiary/aromatic N) is 3. The fraction of sp³-hybridized carbons (Fsp3) is 0.333. The van der Waals surface area contributed by atoms with E-state index in [9.17, 15) is 18.5 Å². The van der Waals surface area contributed by atoms with E-state index >= 15 is 0 Å². The van der Waals surface area contributed by atoms with Gasteiger partial charge in [-0.3, -0.25) is 10.1 Å². The summed E-state index contributed by atoms with van der Waals surface area (Å²) < 4.78 is 38.5. The van der Waals surface area contributed by atoms with E-state index in [1.165, 1.54) is 20.3 Å². The molecule has 0 saturated carbocycles. The summed E-state index contributed by atoms with van der Waals surface area (Å²) in [6.45, 7) is 3.54. The third kappa shape index (κ3) is 5.75. The summed E-state index contributed by atoms with van der Waals surface area (Å²) in [5, 5.41) is 11.4. The third-order valence-electron chi connectivity index (χ3n) is 3.54. The molecule has 0 radical (unpaired) electrons. The Kier molecular flexibility index (Phi) is 7.30. The Morgan fingerprint density at radius 1 is 1.31 bits per heavy atom. The van der Waals surface area contributed by atoms with Gasteiger partial charge < -0.3 is 9.47 Å². The zero-order valence-corrected chi connectivity index (χ0v) is 17.9. The van der Waals surface area contributed by atoms with Gasteiger partial charge in [0, 0.05) is 11.5 Å². The minimum atomic E-state index is -3.63. The average Bonchev–Trinajstić information content (AvgIpc) is 3.14. The summed E-state index contributed by atoms with van der Waals surface area (Å²) in [5.41, 5.74) is 0.353. The van der Waals surface area contributed by atoms with E-state index in [0.29, 0.717) is 17.1 Å². The number of anilines is 1. The molecule has 154 valence electrons. The van der Waals surface area contributed by atoms with E-state index in [0.717, 1.165) is 11.5 Å². The number of amides is 1. The molecule has 1 aromatic carbocycles. The summed E-state index contributed by atoms with van der Waals surface area (Å²) in [4.78, 5) is 16.3. The highest BCUT2D eigenvalue weighted by molar-refractivity contribution is 7.91. The van der Waals surface area contributed by atoms with Gasteiger partial charge in [0.05, 0.1) is 20.0 Å². The second-order valence-electron chi connectivity index (χ2n) is 6.30. The van der Waals surface area contributed by atoms with Crippen LogP contribution in [-0.2, 0) is 14.6 Å². The standard InChI is InChI=1S/C18H20N4O5S2/c1-11(2)10-29(24,25)18-21-17(28-22-18)20-16(23)13(9-19)7-12-5-6-14(26-3)15(8-12)27-4/h5-8,11H,10H2,1-4H3,(H,20,21,22,23)/b13-7-. The summed E-state index contributed by atoms with van der Waals surface area (Å²) in [7, 11) is -0.657. The molecule has 0 unspecified atom stereocenters. The average molecular weight is 437 g/mol. The molecule has 0 saturated heterocycles. The second kappa shape index (κ2) is 9.49. The van der Waals surface area contributed by atoms with Crippen molar-refractivity contribution in [3.8, 4) is 17.6 Å². The van der Waals surface area contributed by atoms with Gasteiger partial charge in [0.1, 0.15) is 11.6 Å². The van der Waals surface area contributed by atoms with Gasteiger partial charge in [-0.15, -0.1) is 0 Å². The zero-order chi connectivity index (χ0) is 21.6. The number of nitrogens with one attached hydrogen (secondary N) is 1. The number of nitriles is 1. The highest BCUT2D eigenvalue weighted by Gasteiger charge is 2.23. The fourth-order valence-corrected chi connectivity index (χ4v) is 4.67. The number of carbonyl (C=O) groups is 1. The Morgan fingerprint density at radius 2 is 2.00 bits per heavy atom. The highest BCUT2D eigenvalue weighted by atomic mass is 32.2. The number of rotatable bonds is 8. The lowest BCUT2D eigenvalue weighted by Crippen LogP contribution is -2.15. The van der Waals surface area contributed by atoms with Crippen LogP contribution in [0.5, 0.6) is 11.5 Å². The molecule has 1 N–H and O–H groups in total. The van der Waals surface area contributed by atoms with Crippen molar-refractivity contribution in [3.63, 3.8) is 0 Å². The van der Waals surface area contributed by atoms with Crippen LogP contribution >= 0.6 is 11.5 Å². The largest absolute Gasteiger partial charge is 0.493 e. The van der Waals surface area contributed by atoms with Gasteiger partial charge in [-0.2, -0.15) is 14.6 Å². The lowest BCUT2D eigenvalue weighted by molar-refractivity contribution is -0.112. The van der Waals surface area contributed by atoms with Gasteiger partial charge in [0.15, 0.2) is 11.5 Å². The Morgan fingerprint density at radius 3 is 2.59 bits per heavy atom. The number of methoxy groups -OCH3 is 2. The maximum Gasteiger partial charge on any atom is 0.268 e. The van der Waals surface area contributed by atoms with Gasteiger partial charge >= 0.3 is 0 Å².